The maximum atomic E-state index is 11.6. The van der Waals surface area contributed by atoms with Crippen LogP contribution >= 0.6 is 0 Å². The average Bonchev–Trinajstić information content (AvgIpc) is 3.10. The Balaban J connectivity index is 1.93. The van der Waals surface area contributed by atoms with Crippen molar-refractivity contribution in [1.82, 2.24) is 0 Å². The van der Waals surface area contributed by atoms with Gasteiger partial charge in [0.2, 0.25) is 0 Å². The van der Waals surface area contributed by atoms with E-state index in [9.17, 15) is 20.0 Å². The van der Waals surface area contributed by atoms with E-state index in [4.69, 9.17) is 0 Å². The Morgan fingerprint density at radius 1 is 1.16 bits per heavy atom. The quantitative estimate of drug-likeness (QED) is 0.529. The lowest BCUT2D eigenvalue weighted by Crippen LogP contribution is -2.33. The van der Waals surface area contributed by atoms with Gasteiger partial charge in [0.25, 0.3) is 5.69 Å². The van der Waals surface area contributed by atoms with E-state index in [2.05, 4.69) is 5.32 Å². The topological polar surface area (TPSA) is 95.3 Å². The van der Waals surface area contributed by atoms with Crippen LogP contribution in [-0.4, -0.2) is 10.9 Å². The number of nitro groups is 1. The summed E-state index contributed by atoms with van der Waals surface area (Å²) in [6.07, 6.45) is 4.74. The van der Waals surface area contributed by atoms with Crippen molar-refractivity contribution in [2.75, 3.05) is 5.32 Å². The van der Waals surface area contributed by atoms with Crippen LogP contribution in [0.4, 0.5) is 11.4 Å². The summed E-state index contributed by atoms with van der Waals surface area (Å²) < 4.78 is 0. The third kappa shape index (κ3) is 2.38. The van der Waals surface area contributed by atoms with Crippen LogP contribution in [0, 0.1) is 16.0 Å². The number of allylic oxidation sites excluding steroid dienone is 2. The van der Waals surface area contributed by atoms with Gasteiger partial charge in [-0.25, -0.2) is 0 Å². The van der Waals surface area contributed by atoms with Crippen molar-refractivity contribution in [3.05, 3.63) is 81.4 Å². The van der Waals surface area contributed by atoms with Crippen molar-refractivity contribution in [1.29, 1.82) is 0 Å². The van der Waals surface area contributed by atoms with Crippen molar-refractivity contribution in [2.24, 2.45) is 5.92 Å². The molecule has 0 bridgehead atoms. The van der Waals surface area contributed by atoms with Gasteiger partial charge in [0, 0.05) is 17.5 Å². The predicted molar refractivity (Wildman–Crippen MR) is 90.2 cm³/mol. The maximum Gasteiger partial charge on any atom is 0.275 e. The molecular formula is C19H15N2O4-. The molecule has 0 unspecified atom stereocenters. The molecule has 2 aromatic rings. The zero-order chi connectivity index (χ0) is 17.6. The van der Waals surface area contributed by atoms with E-state index < -0.39 is 10.9 Å². The van der Waals surface area contributed by atoms with Gasteiger partial charge in [-0.1, -0.05) is 42.5 Å². The molecule has 1 N–H and O–H groups in total. The molecular weight excluding hydrogens is 320 g/mol. The van der Waals surface area contributed by atoms with Gasteiger partial charge in [-0.05, 0) is 24.0 Å². The fourth-order valence-electron chi connectivity index (χ4n) is 4.01. The highest BCUT2D eigenvalue weighted by Crippen LogP contribution is 2.53. The van der Waals surface area contributed by atoms with Crippen molar-refractivity contribution in [3.63, 3.8) is 0 Å². The number of carbonyl (C=O) groups is 1. The summed E-state index contributed by atoms with van der Waals surface area (Å²) in [6, 6.07) is 12.1. The summed E-state index contributed by atoms with van der Waals surface area (Å²) in [5.41, 5.74) is 1.68. The second-order valence-electron chi connectivity index (χ2n) is 6.35. The first kappa shape index (κ1) is 15.4. The minimum Gasteiger partial charge on any atom is -0.545 e. The summed E-state index contributed by atoms with van der Waals surface area (Å²) in [7, 11) is 0. The number of hydrogen-bond donors (Lipinski definition) is 1. The highest BCUT2D eigenvalue weighted by Gasteiger charge is 2.42. The Labute approximate surface area is 144 Å². The first-order valence-electron chi connectivity index (χ1n) is 8.08. The number of fused-ring (bicyclic) bond motifs is 3. The summed E-state index contributed by atoms with van der Waals surface area (Å²) in [4.78, 5) is 22.6. The molecule has 2 aromatic carbocycles. The first-order chi connectivity index (χ1) is 12.1. The summed E-state index contributed by atoms with van der Waals surface area (Å²) in [6.45, 7) is 0. The maximum absolute atomic E-state index is 11.6. The predicted octanol–water partition coefficient (Wildman–Crippen LogP) is 2.78. The van der Waals surface area contributed by atoms with E-state index in [1.807, 2.05) is 42.5 Å². The first-order valence-corrected chi connectivity index (χ1v) is 8.08. The van der Waals surface area contributed by atoms with Crippen LogP contribution < -0.4 is 10.4 Å². The molecule has 0 saturated heterocycles. The Morgan fingerprint density at radius 3 is 2.60 bits per heavy atom. The highest BCUT2D eigenvalue weighted by atomic mass is 16.6. The number of hydrogen-bond acceptors (Lipinski definition) is 5. The lowest BCUT2D eigenvalue weighted by molar-refractivity contribution is -0.385. The van der Waals surface area contributed by atoms with Crippen molar-refractivity contribution >= 4 is 17.3 Å². The fraction of sp³-hybridized carbons (Fsp3) is 0.211. The zero-order valence-electron chi connectivity index (χ0n) is 13.2. The standard InChI is InChI=1S/C19H16N2O4/c22-19(23)14-9-10-15(21(24)25)16-12-7-4-8-13(12)17(20-18(14)16)11-5-2-1-3-6-11/h1-7,9-10,12-13,17,20H,8H2,(H,22,23)/p-1/t12-,13+,17-/m1/s1. The Kier molecular flexibility index (Phi) is 3.53. The molecule has 0 saturated carbocycles. The third-order valence-electron chi connectivity index (χ3n) is 5.07. The van der Waals surface area contributed by atoms with Gasteiger partial charge in [0.05, 0.1) is 28.2 Å². The Bertz CT molecular complexity index is 892. The van der Waals surface area contributed by atoms with Gasteiger partial charge in [-0.2, -0.15) is 0 Å². The normalized spacial score (nSPS) is 23.4. The van der Waals surface area contributed by atoms with Gasteiger partial charge in [-0.15, -0.1) is 0 Å². The van der Waals surface area contributed by atoms with Crippen LogP contribution in [0.1, 0.15) is 39.9 Å². The molecule has 0 fully saturated rings. The second kappa shape index (κ2) is 5.73. The van der Waals surface area contributed by atoms with Gasteiger partial charge < -0.3 is 15.2 Å². The number of aromatic carboxylic acids is 1. The average molecular weight is 335 g/mol. The lowest BCUT2D eigenvalue weighted by Gasteiger charge is -2.38. The fourth-order valence-corrected chi connectivity index (χ4v) is 4.01. The molecule has 0 spiro atoms. The number of nitrogens with one attached hydrogen (secondary N) is 1. The van der Waals surface area contributed by atoms with Crippen molar-refractivity contribution in [3.8, 4) is 0 Å². The van der Waals surface area contributed by atoms with Gasteiger partial charge >= 0.3 is 0 Å². The summed E-state index contributed by atoms with van der Waals surface area (Å²) in [5, 5.41) is 26.3. The van der Waals surface area contributed by atoms with E-state index in [1.165, 1.54) is 12.1 Å². The van der Waals surface area contributed by atoms with Crippen LogP contribution in [-0.2, 0) is 0 Å². The molecule has 0 radical (unpaired) electrons. The molecule has 2 aliphatic rings. The molecule has 1 aliphatic carbocycles. The molecule has 25 heavy (non-hydrogen) atoms. The largest absolute Gasteiger partial charge is 0.545 e. The smallest absolute Gasteiger partial charge is 0.275 e. The molecule has 126 valence electrons. The molecule has 4 rings (SSSR count). The van der Waals surface area contributed by atoms with Crippen LogP contribution in [0.5, 0.6) is 0 Å². The van der Waals surface area contributed by atoms with E-state index in [0.717, 1.165) is 12.0 Å². The molecule has 0 amide bonds. The number of benzene rings is 2. The molecule has 1 aliphatic heterocycles. The number of carbonyl (C=O) groups excluding carboxylic acids is 1. The van der Waals surface area contributed by atoms with Crippen LogP contribution in [0.2, 0.25) is 0 Å². The Morgan fingerprint density at radius 2 is 1.92 bits per heavy atom. The second-order valence-corrected chi connectivity index (χ2v) is 6.35. The van der Waals surface area contributed by atoms with E-state index in [0.29, 0.717) is 11.3 Å². The van der Waals surface area contributed by atoms with Crippen LogP contribution in [0.3, 0.4) is 0 Å². The van der Waals surface area contributed by atoms with Gasteiger partial charge in [0.15, 0.2) is 0 Å². The van der Waals surface area contributed by atoms with Crippen LogP contribution in [0.25, 0.3) is 0 Å². The SMILES string of the molecule is O=C([O-])c1ccc([N+](=O)[O-])c2c1N[C@H](c1ccccc1)[C@H]1CC=C[C@@H]21. The van der Waals surface area contributed by atoms with Crippen molar-refractivity contribution < 1.29 is 14.8 Å². The lowest BCUT2D eigenvalue weighted by atomic mass is 9.75. The van der Waals surface area contributed by atoms with Gasteiger partial charge in [0.1, 0.15) is 0 Å². The molecule has 6 nitrogen and oxygen atoms in total. The monoisotopic (exact) mass is 335 g/mol. The van der Waals surface area contributed by atoms with E-state index >= 15 is 0 Å². The van der Waals surface area contributed by atoms with Crippen molar-refractivity contribution in [2.45, 2.75) is 18.4 Å². The zero-order valence-corrected chi connectivity index (χ0v) is 13.2. The molecule has 3 atom stereocenters. The number of nitrogens with zero attached hydrogens (tertiary/aromatic N) is 1. The van der Waals surface area contributed by atoms with Gasteiger partial charge in [-0.3, -0.25) is 10.1 Å². The van der Waals surface area contributed by atoms with E-state index in [-0.39, 0.29) is 29.1 Å². The number of rotatable bonds is 3. The minimum absolute atomic E-state index is 0.0414. The number of carboxylic acid groups (broad SMARTS) is 1. The molecule has 1 heterocycles. The Hall–Kier alpha value is -3.15. The summed E-state index contributed by atoms with van der Waals surface area (Å²) >= 11 is 0. The number of anilines is 1. The minimum atomic E-state index is -1.34. The van der Waals surface area contributed by atoms with E-state index in [1.54, 1.807) is 0 Å². The highest BCUT2D eigenvalue weighted by molar-refractivity contribution is 5.95. The third-order valence-corrected chi connectivity index (χ3v) is 5.07. The molecule has 6 heteroatoms. The number of carboxylic acids is 1. The summed E-state index contributed by atoms with van der Waals surface area (Å²) in [5.74, 6) is -1.43. The van der Waals surface area contributed by atoms with Crippen LogP contribution in [0.15, 0.2) is 54.6 Å². The molecule has 0 aromatic heterocycles. The number of nitro benzene ring substituents is 1.